The summed E-state index contributed by atoms with van der Waals surface area (Å²) in [5, 5.41) is 29.5. The first kappa shape index (κ1) is 14.1. The van der Waals surface area contributed by atoms with Crippen LogP contribution in [0.25, 0.3) is 11.2 Å². The van der Waals surface area contributed by atoms with Crippen molar-refractivity contribution < 1.29 is 24.4 Å². The number of nitrogens with zero attached hydrogens (tertiary/aromatic N) is 4. The number of ether oxygens (including phenoxy) is 1. The molecule has 0 aliphatic carbocycles. The molecule has 5 N–H and O–H groups in total. The number of aliphatic hydroxyl groups excluding tert-OH is 2. The van der Waals surface area contributed by atoms with Crippen molar-refractivity contribution in [2.75, 3.05) is 12.3 Å². The largest absolute Gasteiger partial charge is 0.394 e. The van der Waals surface area contributed by atoms with Gasteiger partial charge in [-0.2, -0.15) is 14.4 Å². The second-order valence-corrected chi connectivity index (χ2v) is 5.08. The Balaban J connectivity index is 2.13. The first-order valence-electron chi connectivity index (χ1n) is 6.18. The second kappa shape index (κ2) is 4.56. The Morgan fingerprint density at radius 2 is 2.24 bits per heavy atom. The molecule has 10 heteroatoms. The summed E-state index contributed by atoms with van der Waals surface area (Å²) in [4.78, 5) is 10.9. The minimum atomic E-state index is -1.72. The van der Waals surface area contributed by atoms with Crippen LogP contribution in [0.15, 0.2) is 6.33 Å². The highest BCUT2D eigenvalue weighted by Crippen LogP contribution is 2.39. The Morgan fingerprint density at radius 1 is 1.52 bits per heavy atom. The summed E-state index contributed by atoms with van der Waals surface area (Å²) >= 11 is 0. The zero-order valence-corrected chi connectivity index (χ0v) is 11.0. The van der Waals surface area contributed by atoms with E-state index >= 15 is 0 Å². The van der Waals surface area contributed by atoms with Crippen molar-refractivity contribution in [1.82, 2.24) is 19.5 Å². The third-order valence-electron chi connectivity index (χ3n) is 3.61. The van der Waals surface area contributed by atoms with Crippen LogP contribution in [-0.2, 0) is 4.74 Å². The Morgan fingerprint density at radius 3 is 2.86 bits per heavy atom. The van der Waals surface area contributed by atoms with Crippen molar-refractivity contribution in [2.24, 2.45) is 0 Å². The summed E-state index contributed by atoms with van der Waals surface area (Å²) in [5.41, 5.74) is 4.01. The topological polar surface area (TPSA) is 140 Å². The van der Waals surface area contributed by atoms with E-state index in [1.54, 1.807) is 0 Å². The highest BCUT2D eigenvalue weighted by molar-refractivity contribution is 5.81. The number of imidazole rings is 1. The van der Waals surface area contributed by atoms with Crippen molar-refractivity contribution >= 4 is 17.0 Å². The number of rotatable bonds is 2. The van der Waals surface area contributed by atoms with Gasteiger partial charge in [0.25, 0.3) is 0 Å². The van der Waals surface area contributed by atoms with Gasteiger partial charge in [0.15, 0.2) is 23.2 Å². The molecule has 0 aromatic carbocycles. The highest BCUT2D eigenvalue weighted by atomic mass is 19.1. The number of halogens is 1. The molecule has 0 amide bonds. The summed E-state index contributed by atoms with van der Waals surface area (Å²) in [5.74, 6) is -0.145. The van der Waals surface area contributed by atoms with E-state index in [0.29, 0.717) is 0 Å². The van der Waals surface area contributed by atoms with E-state index in [1.807, 2.05) is 0 Å². The van der Waals surface area contributed by atoms with E-state index in [1.165, 1.54) is 17.8 Å². The summed E-state index contributed by atoms with van der Waals surface area (Å²) in [6.07, 6.45) is -3.21. The van der Waals surface area contributed by atoms with E-state index in [9.17, 15) is 14.6 Å². The lowest BCUT2D eigenvalue weighted by atomic mass is 9.96. The molecule has 9 nitrogen and oxygen atoms in total. The number of anilines is 1. The second-order valence-electron chi connectivity index (χ2n) is 5.08. The van der Waals surface area contributed by atoms with Crippen LogP contribution in [0.5, 0.6) is 0 Å². The molecule has 0 saturated carbocycles. The summed E-state index contributed by atoms with van der Waals surface area (Å²) < 4.78 is 20.0. The third-order valence-corrected chi connectivity index (χ3v) is 3.61. The molecule has 1 aliphatic heterocycles. The van der Waals surface area contributed by atoms with Crippen LogP contribution < -0.4 is 5.73 Å². The molecule has 1 saturated heterocycles. The first-order chi connectivity index (χ1) is 9.86. The fourth-order valence-electron chi connectivity index (χ4n) is 2.47. The number of fused-ring (bicyclic) bond motifs is 1. The van der Waals surface area contributed by atoms with E-state index < -0.39 is 36.7 Å². The molecular formula is C11H14FN5O4. The summed E-state index contributed by atoms with van der Waals surface area (Å²) in [7, 11) is 0. The predicted octanol–water partition coefficient (Wildman–Crippen LogP) is -1.45. The van der Waals surface area contributed by atoms with Gasteiger partial charge in [0.05, 0.1) is 12.9 Å². The lowest BCUT2D eigenvalue weighted by Crippen LogP contribution is -2.44. The Hall–Kier alpha value is -1.88. The molecule has 114 valence electrons. The van der Waals surface area contributed by atoms with Crippen molar-refractivity contribution in [1.29, 1.82) is 0 Å². The van der Waals surface area contributed by atoms with Gasteiger partial charge in [-0.1, -0.05) is 0 Å². The fourth-order valence-corrected chi connectivity index (χ4v) is 2.47. The van der Waals surface area contributed by atoms with Crippen LogP contribution in [0.3, 0.4) is 0 Å². The van der Waals surface area contributed by atoms with Crippen LogP contribution in [0.4, 0.5) is 10.2 Å². The number of aromatic nitrogens is 4. The highest BCUT2D eigenvalue weighted by Gasteiger charge is 2.53. The molecule has 0 spiro atoms. The molecule has 0 unspecified atom stereocenters. The maximum Gasteiger partial charge on any atom is 0.312 e. The van der Waals surface area contributed by atoms with Gasteiger partial charge in [-0.15, -0.1) is 0 Å². The maximum absolute atomic E-state index is 13.3. The van der Waals surface area contributed by atoms with Gasteiger partial charge in [-0.3, -0.25) is 4.57 Å². The van der Waals surface area contributed by atoms with E-state index in [4.69, 9.17) is 15.6 Å². The van der Waals surface area contributed by atoms with Crippen LogP contribution in [0, 0.1) is 6.08 Å². The number of nitrogen functional groups attached to an aromatic ring is 1. The molecule has 1 fully saturated rings. The van der Waals surface area contributed by atoms with E-state index in [2.05, 4.69) is 15.0 Å². The van der Waals surface area contributed by atoms with Gasteiger partial charge < -0.3 is 25.8 Å². The number of hydrogen-bond acceptors (Lipinski definition) is 8. The molecule has 2 aromatic heterocycles. The lowest BCUT2D eigenvalue weighted by molar-refractivity contribution is -0.0950. The van der Waals surface area contributed by atoms with Gasteiger partial charge in [0.2, 0.25) is 0 Å². The summed E-state index contributed by atoms with van der Waals surface area (Å²) in [6.45, 7) is 0.858. The number of aliphatic hydroxyl groups is 3. The van der Waals surface area contributed by atoms with Crippen molar-refractivity contribution in [3.63, 3.8) is 0 Å². The van der Waals surface area contributed by atoms with Crippen LogP contribution in [0.1, 0.15) is 13.2 Å². The monoisotopic (exact) mass is 299 g/mol. The average molecular weight is 299 g/mol. The minimum Gasteiger partial charge on any atom is -0.394 e. The summed E-state index contributed by atoms with van der Waals surface area (Å²) in [6, 6.07) is 0. The van der Waals surface area contributed by atoms with Crippen molar-refractivity contribution in [3.05, 3.63) is 12.4 Å². The molecule has 4 atom stereocenters. The van der Waals surface area contributed by atoms with Crippen LogP contribution in [-0.4, -0.2) is 59.3 Å². The Bertz CT molecular complexity index is 691. The van der Waals surface area contributed by atoms with E-state index in [0.717, 1.165) is 0 Å². The maximum atomic E-state index is 13.3. The smallest absolute Gasteiger partial charge is 0.312 e. The Kier molecular flexibility index (Phi) is 3.06. The van der Waals surface area contributed by atoms with Crippen LogP contribution in [0.2, 0.25) is 0 Å². The minimum absolute atomic E-state index is 0.0241. The Labute approximate surface area is 117 Å². The molecule has 21 heavy (non-hydrogen) atoms. The zero-order valence-electron chi connectivity index (χ0n) is 11.0. The molecule has 1 aliphatic rings. The number of nitrogens with two attached hydrogens (primary N) is 1. The van der Waals surface area contributed by atoms with Gasteiger partial charge in [-0.25, -0.2) is 4.98 Å². The van der Waals surface area contributed by atoms with Gasteiger partial charge in [0.1, 0.15) is 17.8 Å². The van der Waals surface area contributed by atoms with Crippen molar-refractivity contribution in [2.45, 2.75) is 31.0 Å². The molecule has 3 rings (SSSR count). The standard InChI is InChI=1S/C11H14FN5O4/c1-11(20)6(19)4(2-18)21-9(11)17-3-14-5-7(13)15-10(12)16-8(5)17/h3-4,6,9,18-20H,2H2,1H3,(H2,13,15,16)/t4-,6-,9-,11-/m1/s1. The quantitative estimate of drug-likeness (QED) is 0.494. The van der Waals surface area contributed by atoms with Gasteiger partial charge >= 0.3 is 6.08 Å². The van der Waals surface area contributed by atoms with Gasteiger partial charge in [0, 0.05) is 0 Å². The lowest BCUT2D eigenvalue weighted by Gasteiger charge is -2.27. The SMILES string of the molecule is C[C@@]1(O)[C@H](O)[C@@H](CO)O[C@H]1n1cnc2c(N)nc(F)nc21. The average Bonchev–Trinajstić information content (AvgIpc) is 2.91. The predicted molar refractivity (Wildman–Crippen MR) is 67.3 cm³/mol. The van der Waals surface area contributed by atoms with Crippen LogP contribution >= 0.6 is 0 Å². The fraction of sp³-hybridized carbons (Fsp3) is 0.545. The van der Waals surface area contributed by atoms with E-state index in [-0.39, 0.29) is 17.0 Å². The van der Waals surface area contributed by atoms with Gasteiger partial charge in [-0.05, 0) is 6.92 Å². The third kappa shape index (κ3) is 1.95. The molecule has 2 aromatic rings. The zero-order chi connectivity index (χ0) is 15.4. The first-order valence-corrected chi connectivity index (χ1v) is 6.18. The molecular weight excluding hydrogens is 285 g/mol. The molecule has 3 heterocycles. The molecule has 0 bridgehead atoms. The van der Waals surface area contributed by atoms with Crippen molar-refractivity contribution in [3.8, 4) is 0 Å². The number of hydrogen-bond donors (Lipinski definition) is 4. The normalized spacial score (nSPS) is 32.9. The molecule has 0 radical (unpaired) electrons.